The SMILES string of the molecule is COC(=O)N1CC[C@H](N=C=S)[C@H](C)C1. The molecule has 0 aliphatic carbocycles. The van der Waals surface area contributed by atoms with E-state index in [1.807, 2.05) is 0 Å². The highest BCUT2D eigenvalue weighted by atomic mass is 32.1. The molecule has 4 nitrogen and oxygen atoms in total. The van der Waals surface area contributed by atoms with Crippen molar-refractivity contribution in [2.75, 3.05) is 20.2 Å². The number of hydrogen-bond donors (Lipinski definition) is 0. The van der Waals surface area contributed by atoms with Crippen LogP contribution in [-0.2, 0) is 4.74 Å². The molecule has 0 N–H and O–H groups in total. The number of methoxy groups -OCH3 is 1. The number of carbonyl (C=O) groups excluding carboxylic acids is 1. The Kier molecular flexibility index (Phi) is 4.04. The lowest BCUT2D eigenvalue weighted by atomic mass is 9.95. The molecule has 0 saturated carbocycles. The molecule has 1 aliphatic heterocycles. The van der Waals surface area contributed by atoms with Gasteiger partial charge in [0.05, 0.1) is 18.3 Å². The van der Waals surface area contributed by atoms with E-state index in [1.54, 1.807) is 4.90 Å². The Morgan fingerprint density at radius 3 is 2.93 bits per heavy atom. The number of ether oxygens (including phenoxy) is 1. The molecule has 1 rings (SSSR count). The topological polar surface area (TPSA) is 41.9 Å². The molecule has 0 unspecified atom stereocenters. The molecule has 0 aromatic carbocycles. The summed E-state index contributed by atoms with van der Waals surface area (Å²) in [6.45, 7) is 3.41. The Morgan fingerprint density at radius 2 is 2.43 bits per heavy atom. The number of likely N-dealkylation sites (tertiary alicyclic amines) is 1. The van der Waals surface area contributed by atoms with Crippen LogP contribution in [0.1, 0.15) is 13.3 Å². The fraction of sp³-hybridized carbons (Fsp3) is 0.778. The number of amides is 1. The zero-order chi connectivity index (χ0) is 10.6. The Morgan fingerprint density at radius 1 is 1.71 bits per heavy atom. The van der Waals surface area contributed by atoms with Crippen LogP contribution in [0.4, 0.5) is 4.79 Å². The molecule has 0 spiro atoms. The average molecular weight is 214 g/mol. The minimum absolute atomic E-state index is 0.202. The van der Waals surface area contributed by atoms with Gasteiger partial charge < -0.3 is 9.64 Å². The highest BCUT2D eigenvalue weighted by molar-refractivity contribution is 7.78. The van der Waals surface area contributed by atoms with Crippen LogP contribution >= 0.6 is 12.2 Å². The van der Waals surface area contributed by atoms with Crippen LogP contribution < -0.4 is 0 Å². The number of thiocarbonyl (C=S) groups is 1. The molecule has 2 atom stereocenters. The minimum atomic E-state index is -0.262. The van der Waals surface area contributed by atoms with Crippen molar-refractivity contribution >= 4 is 23.5 Å². The van der Waals surface area contributed by atoms with E-state index >= 15 is 0 Å². The first-order valence-electron chi connectivity index (χ1n) is 4.59. The van der Waals surface area contributed by atoms with Gasteiger partial charge in [0.2, 0.25) is 0 Å². The summed E-state index contributed by atoms with van der Waals surface area (Å²) in [6.07, 6.45) is 0.571. The Balaban J connectivity index is 2.54. The second-order valence-corrected chi connectivity index (χ2v) is 3.65. The lowest BCUT2D eigenvalue weighted by Crippen LogP contribution is -2.44. The van der Waals surface area contributed by atoms with Gasteiger partial charge in [-0.3, -0.25) is 0 Å². The summed E-state index contributed by atoms with van der Waals surface area (Å²) in [5.74, 6) is 0.318. The van der Waals surface area contributed by atoms with Gasteiger partial charge in [-0.1, -0.05) is 6.92 Å². The highest BCUT2D eigenvalue weighted by Gasteiger charge is 2.28. The van der Waals surface area contributed by atoms with Gasteiger partial charge in [0, 0.05) is 13.1 Å². The van der Waals surface area contributed by atoms with Gasteiger partial charge >= 0.3 is 6.09 Å². The molecular weight excluding hydrogens is 200 g/mol. The van der Waals surface area contributed by atoms with Crippen molar-refractivity contribution in [2.24, 2.45) is 10.9 Å². The van der Waals surface area contributed by atoms with E-state index in [4.69, 9.17) is 0 Å². The van der Waals surface area contributed by atoms with Crippen molar-refractivity contribution in [3.63, 3.8) is 0 Å². The number of hydrogen-bond acceptors (Lipinski definition) is 4. The second-order valence-electron chi connectivity index (χ2n) is 3.47. The smallest absolute Gasteiger partial charge is 0.409 e. The zero-order valence-corrected chi connectivity index (χ0v) is 9.21. The largest absolute Gasteiger partial charge is 0.453 e. The van der Waals surface area contributed by atoms with Crippen LogP contribution in [0.3, 0.4) is 0 Å². The van der Waals surface area contributed by atoms with Crippen LogP contribution in [0.5, 0.6) is 0 Å². The molecule has 0 aromatic rings. The summed E-state index contributed by atoms with van der Waals surface area (Å²) >= 11 is 4.57. The molecule has 1 heterocycles. The van der Waals surface area contributed by atoms with Crippen LogP contribution in [0.2, 0.25) is 0 Å². The van der Waals surface area contributed by atoms with Crippen molar-refractivity contribution in [3.8, 4) is 0 Å². The van der Waals surface area contributed by atoms with Gasteiger partial charge in [0.25, 0.3) is 0 Å². The molecule has 0 bridgehead atoms. The molecule has 5 heteroatoms. The number of rotatable bonds is 1. The van der Waals surface area contributed by atoms with Crippen molar-refractivity contribution in [3.05, 3.63) is 0 Å². The van der Waals surface area contributed by atoms with Crippen LogP contribution in [0, 0.1) is 5.92 Å². The summed E-state index contributed by atoms with van der Waals surface area (Å²) in [5.41, 5.74) is 0. The van der Waals surface area contributed by atoms with E-state index in [0.29, 0.717) is 19.0 Å². The van der Waals surface area contributed by atoms with E-state index in [-0.39, 0.29) is 12.1 Å². The Hall–Kier alpha value is -0.930. The van der Waals surface area contributed by atoms with Crippen molar-refractivity contribution in [2.45, 2.75) is 19.4 Å². The quantitative estimate of drug-likeness (QED) is 0.491. The average Bonchev–Trinajstić information content (AvgIpc) is 2.20. The highest BCUT2D eigenvalue weighted by Crippen LogP contribution is 2.19. The maximum absolute atomic E-state index is 11.2. The van der Waals surface area contributed by atoms with E-state index in [2.05, 4.69) is 34.0 Å². The predicted molar refractivity (Wildman–Crippen MR) is 56.6 cm³/mol. The van der Waals surface area contributed by atoms with Crippen LogP contribution in [0.15, 0.2) is 4.99 Å². The lowest BCUT2D eigenvalue weighted by Gasteiger charge is -2.33. The fourth-order valence-corrected chi connectivity index (χ4v) is 1.82. The molecule has 0 radical (unpaired) electrons. The standard InChI is InChI=1S/C9H14N2O2S/c1-7-5-11(9(12)13-2)4-3-8(7)10-6-14/h7-8H,3-5H2,1-2H3/t7-,8+/m1/s1. The van der Waals surface area contributed by atoms with Crippen LogP contribution in [-0.4, -0.2) is 42.4 Å². The zero-order valence-electron chi connectivity index (χ0n) is 8.40. The van der Waals surface area contributed by atoms with E-state index in [9.17, 15) is 4.79 Å². The van der Waals surface area contributed by atoms with E-state index in [1.165, 1.54) is 7.11 Å². The molecule has 1 fully saturated rings. The molecule has 1 aliphatic rings. The summed E-state index contributed by atoms with van der Waals surface area (Å²) in [5, 5.41) is 2.40. The first kappa shape index (κ1) is 11.1. The minimum Gasteiger partial charge on any atom is -0.453 e. The maximum Gasteiger partial charge on any atom is 0.409 e. The lowest BCUT2D eigenvalue weighted by molar-refractivity contribution is 0.0998. The normalized spacial score (nSPS) is 26.6. The van der Waals surface area contributed by atoms with Gasteiger partial charge in [-0.05, 0) is 24.6 Å². The number of aliphatic imine (C=N–C) groups is 1. The fourth-order valence-electron chi connectivity index (χ4n) is 1.69. The number of piperidine rings is 1. The van der Waals surface area contributed by atoms with Gasteiger partial charge in [-0.25, -0.2) is 9.79 Å². The molecule has 1 saturated heterocycles. The second kappa shape index (κ2) is 5.08. The monoisotopic (exact) mass is 214 g/mol. The number of isothiocyanates is 1. The Bertz CT molecular complexity index is 264. The van der Waals surface area contributed by atoms with Crippen molar-refractivity contribution in [1.29, 1.82) is 0 Å². The van der Waals surface area contributed by atoms with Gasteiger partial charge in [-0.2, -0.15) is 0 Å². The van der Waals surface area contributed by atoms with Crippen LogP contribution in [0.25, 0.3) is 0 Å². The third-order valence-corrected chi connectivity index (χ3v) is 2.62. The molecule has 1 amide bonds. The van der Waals surface area contributed by atoms with Gasteiger partial charge in [0.15, 0.2) is 0 Å². The molecule has 14 heavy (non-hydrogen) atoms. The summed E-state index contributed by atoms with van der Waals surface area (Å²) in [6, 6.07) is 0.202. The first-order valence-corrected chi connectivity index (χ1v) is 4.99. The van der Waals surface area contributed by atoms with Gasteiger partial charge in [-0.15, -0.1) is 0 Å². The van der Waals surface area contributed by atoms with E-state index < -0.39 is 0 Å². The van der Waals surface area contributed by atoms with Crippen molar-refractivity contribution in [1.82, 2.24) is 4.90 Å². The number of carbonyl (C=O) groups is 1. The Labute approximate surface area is 88.9 Å². The molecule has 78 valence electrons. The van der Waals surface area contributed by atoms with Crippen molar-refractivity contribution < 1.29 is 9.53 Å². The maximum atomic E-state index is 11.2. The van der Waals surface area contributed by atoms with E-state index in [0.717, 1.165) is 6.42 Å². The summed E-state index contributed by atoms with van der Waals surface area (Å²) < 4.78 is 4.65. The summed E-state index contributed by atoms with van der Waals surface area (Å²) in [7, 11) is 1.40. The third-order valence-electron chi connectivity index (χ3n) is 2.51. The molecular formula is C9H14N2O2S. The first-order chi connectivity index (χ1) is 6.69. The van der Waals surface area contributed by atoms with Gasteiger partial charge in [0.1, 0.15) is 0 Å². The third kappa shape index (κ3) is 2.53. The molecule has 0 aromatic heterocycles. The number of nitrogens with zero attached hydrogens (tertiary/aromatic N) is 2. The predicted octanol–water partition coefficient (Wildman–Crippen LogP) is 1.57. The summed E-state index contributed by atoms with van der Waals surface area (Å²) in [4.78, 5) is 17.0.